The van der Waals surface area contributed by atoms with E-state index in [4.69, 9.17) is 4.74 Å². The molecule has 1 fully saturated rings. The minimum absolute atomic E-state index is 0.228. The van der Waals surface area contributed by atoms with Gasteiger partial charge < -0.3 is 4.74 Å². The molecule has 0 unspecified atom stereocenters. The summed E-state index contributed by atoms with van der Waals surface area (Å²) in [6, 6.07) is 12.7. The van der Waals surface area contributed by atoms with Gasteiger partial charge in [0.2, 0.25) is 0 Å². The first-order chi connectivity index (χ1) is 13.8. The van der Waals surface area contributed by atoms with Crippen LogP contribution in [0.15, 0.2) is 54.9 Å². The minimum Gasteiger partial charge on any atom is -0.379 e. The van der Waals surface area contributed by atoms with Gasteiger partial charge in [0.05, 0.1) is 18.1 Å². The third kappa shape index (κ3) is 4.66. The smallest absolute Gasteiger partial charge is 0.123 e. The molecule has 1 aliphatic rings. The summed E-state index contributed by atoms with van der Waals surface area (Å²) < 4.78 is 18.7. The molecule has 3 aromatic rings. The number of morpholine rings is 1. The van der Waals surface area contributed by atoms with E-state index in [9.17, 15) is 4.39 Å². The summed E-state index contributed by atoms with van der Waals surface area (Å²) in [7, 11) is 0. The average Bonchev–Trinajstić information content (AvgIpc) is 3.17. The number of benzene rings is 1. The van der Waals surface area contributed by atoms with Gasteiger partial charge in [0.25, 0.3) is 0 Å². The van der Waals surface area contributed by atoms with Crippen LogP contribution in [0.1, 0.15) is 11.3 Å². The lowest BCUT2D eigenvalue weighted by Crippen LogP contribution is -2.36. The van der Waals surface area contributed by atoms with Gasteiger partial charge >= 0.3 is 0 Å². The fraction of sp³-hybridized carbons (Fsp3) is 0.261. The molecular formula is C23H21FN2OS. The van der Waals surface area contributed by atoms with Crippen molar-refractivity contribution in [1.82, 2.24) is 9.88 Å². The molecule has 0 bridgehead atoms. The van der Waals surface area contributed by atoms with Gasteiger partial charge in [0, 0.05) is 48.9 Å². The second-order valence-corrected chi connectivity index (χ2v) is 7.65. The molecule has 142 valence electrons. The van der Waals surface area contributed by atoms with Gasteiger partial charge in [-0.15, -0.1) is 11.3 Å². The van der Waals surface area contributed by atoms with Crippen molar-refractivity contribution >= 4 is 11.3 Å². The van der Waals surface area contributed by atoms with Crippen molar-refractivity contribution in [1.29, 1.82) is 0 Å². The van der Waals surface area contributed by atoms with Gasteiger partial charge in [0.15, 0.2) is 0 Å². The molecule has 0 atom stereocenters. The highest BCUT2D eigenvalue weighted by Crippen LogP contribution is 2.39. The first-order valence-electron chi connectivity index (χ1n) is 9.39. The van der Waals surface area contributed by atoms with E-state index >= 15 is 0 Å². The van der Waals surface area contributed by atoms with E-state index in [0.29, 0.717) is 0 Å². The van der Waals surface area contributed by atoms with Crippen LogP contribution in [0.3, 0.4) is 0 Å². The summed E-state index contributed by atoms with van der Waals surface area (Å²) in [5, 5.41) is 0. The molecule has 0 radical (unpaired) electrons. The number of nitrogens with zero attached hydrogens (tertiary/aromatic N) is 2. The van der Waals surface area contributed by atoms with Gasteiger partial charge in [-0.2, -0.15) is 0 Å². The maximum atomic E-state index is 13.4. The van der Waals surface area contributed by atoms with Crippen molar-refractivity contribution < 1.29 is 9.13 Å². The molecule has 28 heavy (non-hydrogen) atoms. The van der Waals surface area contributed by atoms with Crippen molar-refractivity contribution in [3.63, 3.8) is 0 Å². The lowest BCUT2D eigenvalue weighted by Gasteiger charge is -2.25. The summed E-state index contributed by atoms with van der Waals surface area (Å²) in [5.41, 5.74) is 3.20. The molecule has 4 rings (SSSR count). The van der Waals surface area contributed by atoms with Crippen LogP contribution in [0, 0.1) is 17.7 Å². The Balaban J connectivity index is 1.57. The fourth-order valence-electron chi connectivity index (χ4n) is 3.20. The Labute approximate surface area is 168 Å². The van der Waals surface area contributed by atoms with E-state index in [2.05, 4.69) is 27.8 Å². The zero-order valence-corrected chi connectivity index (χ0v) is 16.3. The van der Waals surface area contributed by atoms with E-state index in [1.165, 1.54) is 12.1 Å². The van der Waals surface area contributed by atoms with Crippen LogP contribution in [-0.4, -0.2) is 42.7 Å². The summed E-state index contributed by atoms with van der Waals surface area (Å²) in [4.78, 5) is 8.62. The first-order valence-corrected chi connectivity index (χ1v) is 10.2. The summed E-state index contributed by atoms with van der Waals surface area (Å²) in [6.45, 7) is 4.58. The first kappa shape index (κ1) is 18.8. The number of hydrogen-bond acceptors (Lipinski definition) is 4. The molecule has 3 heterocycles. The maximum absolute atomic E-state index is 13.4. The summed E-state index contributed by atoms with van der Waals surface area (Å²) in [5.74, 6) is 6.40. The highest BCUT2D eigenvalue weighted by Gasteiger charge is 2.13. The van der Waals surface area contributed by atoms with Crippen molar-refractivity contribution in [3.8, 4) is 33.4 Å². The van der Waals surface area contributed by atoms with E-state index in [1.807, 2.05) is 24.3 Å². The van der Waals surface area contributed by atoms with Crippen molar-refractivity contribution in [2.24, 2.45) is 0 Å². The van der Waals surface area contributed by atoms with E-state index in [0.717, 1.165) is 65.7 Å². The molecule has 5 heteroatoms. The SMILES string of the molecule is Fc1ccc(-c2sc(C#CCCN3CCOCC3)cc2-c2ccncc2)cc1. The molecule has 0 aliphatic carbocycles. The molecule has 1 aliphatic heterocycles. The molecule has 0 spiro atoms. The predicted octanol–water partition coefficient (Wildman–Crippen LogP) is 4.69. The number of halogens is 1. The number of aromatic nitrogens is 1. The topological polar surface area (TPSA) is 25.4 Å². The van der Waals surface area contributed by atoms with Gasteiger partial charge in [-0.05, 0) is 41.5 Å². The highest BCUT2D eigenvalue weighted by molar-refractivity contribution is 7.16. The molecule has 0 amide bonds. The van der Waals surface area contributed by atoms with Gasteiger partial charge in [-0.1, -0.05) is 24.0 Å². The number of pyridine rings is 1. The quantitative estimate of drug-likeness (QED) is 0.603. The Kier molecular flexibility index (Phi) is 6.13. The second-order valence-electron chi connectivity index (χ2n) is 6.60. The molecule has 0 saturated carbocycles. The Morgan fingerprint density at radius 2 is 1.79 bits per heavy atom. The molecule has 1 aromatic carbocycles. The van der Waals surface area contributed by atoms with Gasteiger partial charge in [0.1, 0.15) is 5.82 Å². The van der Waals surface area contributed by atoms with Crippen LogP contribution >= 0.6 is 11.3 Å². The predicted molar refractivity (Wildman–Crippen MR) is 112 cm³/mol. The molecule has 1 saturated heterocycles. The Hall–Kier alpha value is -2.52. The Morgan fingerprint density at radius 3 is 2.54 bits per heavy atom. The van der Waals surface area contributed by atoms with Crippen LogP contribution in [0.5, 0.6) is 0 Å². The minimum atomic E-state index is -0.228. The van der Waals surface area contributed by atoms with Crippen molar-refractivity contribution in [3.05, 3.63) is 65.6 Å². The van der Waals surface area contributed by atoms with Gasteiger partial charge in [-0.25, -0.2) is 4.39 Å². The average molecular weight is 392 g/mol. The number of rotatable bonds is 4. The third-order valence-electron chi connectivity index (χ3n) is 4.70. The summed E-state index contributed by atoms with van der Waals surface area (Å²) in [6.07, 6.45) is 4.42. The van der Waals surface area contributed by atoms with Crippen LogP contribution < -0.4 is 0 Å². The third-order valence-corrected chi connectivity index (χ3v) is 5.80. The molecule has 3 nitrogen and oxygen atoms in total. The van der Waals surface area contributed by atoms with E-state index in [-0.39, 0.29) is 5.82 Å². The zero-order chi connectivity index (χ0) is 19.2. The monoisotopic (exact) mass is 392 g/mol. The Morgan fingerprint density at radius 1 is 1.04 bits per heavy atom. The Bertz CT molecular complexity index is 967. The number of ether oxygens (including phenoxy) is 1. The fourth-order valence-corrected chi connectivity index (χ4v) is 4.26. The molecule has 2 aromatic heterocycles. The molecular weight excluding hydrogens is 371 g/mol. The van der Waals surface area contributed by atoms with Crippen molar-refractivity contribution in [2.45, 2.75) is 6.42 Å². The van der Waals surface area contributed by atoms with E-state index in [1.54, 1.807) is 23.7 Å². The second kappa shape index (κ2) is 9.11. The van der Waals surface area contributed by atoms with Crippen LogP contribution in [0.4, 0.5) is 4.39 Å². The largest absolute Gasteiger partial charge is 0.379 e. The van der Waals surface area contributed by atoms with Crippen LogP contribution in [-0.2, 0) is 4.74 Å². The lowest BCUT2D eigenvalue weighted by molar-refractivity contribution is 0.0390. The number of hydrogen-bond donors (Lipinski definition) is 0. The standard InChI is InChI=1S/C23H21FN2OS/c24-20-6-4-19(5-7-20)23-22(18-8-10-25-11-9-18)17-21(28-23)3-1-2-12-26-13-15-27-16-14-26/h4-11,17H,2,12-16H2. The van der Waals surface area contributed by atoms with Crippen LogP contribution in [0.2, 0.25) is 0 Å². The lowest BCUT2D eigenvalue weighted by atomic mass is 10.0. The summed E-state index contributed by atoms with van der Waals surface area (Å²) >= 11 is 1.65. The molecule has 0 N–H and O–H groups in total. The maximum Gasteiger partial charge on any atom is 0.123 e. The van der Waals surface area contributed by atoms with E-state index < -0.39 is 0 Å². The van der Waals surface area contributed by atoms with Crippen LogP contribution in [0.25, 0.3) is 21.6 Å². The van der Waals surface area contributed by atoms with Crippen molar-refractivity contribution in [2.75, 3.05) is 32.8 Å². The number of thiophene rings is 1. The highest BCUT2D eigenvalue weighted by atomic mass is 32.1. The van der Waals surface area contributed by atoms with Gasteiger partial charge in [-0.3, -0.25) is 9.88 Å². The zero-order valence-electron chi connectivity index (χ0n) is 15.5. The normalized spacial score (nSPS) is 14.5.